The Kier molecular flexibility index (Phi) is 36.7. The summed E-state index contributed by atoms with van der Waals surface area (Å²) in [6.45, 7) is 2.40. The number of fused-ring (bicyclic) bond motifs is 2. The topological polar surface area (TPSA) is 591 Å². The normalized spacial score (nSPS) is 31.4. The van der Waals surface area contributed by atoms with E-state index in [1.807, 2.05) is 40.8 Å². The Morgan fingerprint density at radius 3 is 1.43 bits per heavy atom. The molecule has 0 radical (unpaired) electrons. The molecule has 2 aliphatic carbocycles. The number of phosphoric ester groups is 1. The van der Waals surface area contributed by atoms with Gasteiger partial charge < -0.3 is 116 Å². The molecule has 634 valence electrons. The minimum atomic E-state index is -5.71. The summed E-state index contributed by atoms with van der Waals surface area (Å²) < 4.78 is 71.7. The van der Waals surface area contributed by atoms with Gasteiger partial charge in [-0.1, -0.05) is 134 Å². The maximum absolute atomic E-state index is 12.3. The Morgan fingerprint density at radius 2 is 0.983 bits per heavy atom. The van der Waals surface area contributed by atoms with E-state index in [4.69, 9.17) is 60.4 Å². The van der Waals surface area contributed by atoms with Crippen molar-refractivity contribution in [3.8, 4) is 11.8 Å². The molecule has 44 heteroatoms. The molecule has 5 amide bonds. The largest absolute Gasteiger partial charge is 0.505 e. The average Bonchev–Trinajstić information content (AvgIpc) is 1.62. The van der Waals surface area contributed by atoms with Crippen molar-refractivity contribution in [1.29, 1.82) is 0 Å². The molecular formula is C71H92IN7O31P4Pd. The number of carbonyl (C=O) groups is 5. The number of nitrogens with one attached hydrogen (secondary N) is 1. The van der Waals surface area contributed by atoms with Crippen LogP contribution in [0.2, 0.25) is 0 Å². The molecule has 0 aromatic heterocycles. The molecule has 38 nitrogen and oxygen atoms in total. The number of Topliss-reactive ketones (excluding diaryl/α,β-unsaturated/α-hetero) is 1. The summed E-state index contributed by atoms with van der Waals surface area (Å²) in [5, 5.41) is 113. The van der Waals surface area contributed by atoms with Crippen molar-refractivity contribution in [1.82, 2.24) is 24.9 Å². The molecular weight excluding hydrogens is 1800 g/mol. The van der Waals surface area contributed by atoms with E-state index in [2.05, 4.69) is 133 Å². The molecule has 13 rings (SSSR count). The summed E-state index contributed by atoms with van der Waals surface area (Å²) in [5.74, 6) is 4.76. The van der Waals surface area contributed by atoms with Crippen LogP contribution in [0.3, 0.4) is 0 Å². The summed E-state index contributed by atoms with van der Waals surface area (Å²) in [6, 6.07) is 30.5. The number of nitrogens with two attached hydrogens (primary N) is 2. The number of aliphatic hydroxyl groups excluding tert-OH is 11. The Hall–Kier alpha value is -5.90. The van der Waals surface area contributed by atoms with Crippen molar-refractivity contribution < 1.29 is 171 Å². The predicted octanol–water partition coefficient (Wildman–Crippen LogP) is -1.54. The molecule has 8 heterocycles. The number of ketones is 1. The number of amides is 5. The van der Waals surface area contributed by atoms with E-state index in [0.717, 1.165) is 30.9 Å². The van der Waals surface area contributed by atoms with E-state index in [-0.39, 0.29) is 81.2 Å². The number of halogens is 1. The van der Waals surface area contributed by atoms with Crippen molar-refractivity contribution in [2.45, 2.75) is 162 Å². The Morgan fingerprint density at radius 1 is 0.583 bits per heavy atom. The summed E-state index contributed by atoms with van der Waals surface area (Å²) in [7, 11) is -15.6. The number of nitrogens with zero attached hydrogens (tertiary/aromatic N) is 4. The van der Waals surface area contributed by atoms with Crippen molar-refractivity contribution >= 4 is 99.4 Å². The number of hydrogen-bond acceptors (Lipinski definition) is 29. The molecule has 20 N–H and O–H groups in total. The quantitative estimate of drug-likeness (QED) is 0.0213. The zero-order valence-electron chi connectivity index (χ0n) is 61.3. The van der Waals surface area contributed by atoms with Gasteiger partial charge in [0.25, 0.3) is 0 Å². The van der Waals surface area contributed by atoms with Crippen LogP contribution in [0.5, 0.6) is 0 Å². The summed E-state index contributed by atoms with van der Waals surface area (Å²) >= 11 is 2.01. The smallest absolute Gasteiger partial charge is 0.490 e. The van der Waals surface area contributed by atoms with Crippen molar-refractivity contribution in [3.63, 3.8) is 0 Å². The maximum atomic E-state index is 12.3. The molecule has 4 saturated heterocycles. The van der Waals surface area contributed by atoms with Gasteiger partial charge in [0, 0.05) is 85.7 Å². The third kappa shape index (κ3) is 25.8. The van der Waals surface area contributed by atoms with Gasteiger partial charge in [-0.05, 0) is 83.3 Å². The average molecular weight is 1900 g/mol. The molecule has 22 atom stereocenters. The number of carbonyl (C=O) groups excluding carboxylic acids is 5. The third-order valence-corrected chi connectivity index (χ3v) is 25.7. The summed E-state index contributed by atoms with van der Waals surface area (Å²) in [5.41, 5.74) is 13.8. The van der Waals surface area contributed by atoms with Gasteiger partial charge in [0.1, 0.15) is 79.0 Å². The SMILES string of the molecule is C=COC.CC(=O)CC#CC1=CN(C2OC(CO)C(O)C2O)C(=O)CC1N.NC1CC(=O)N(C2OC(CO)C(O)C2O)C=C1I.O=C1CC2CC=CC2=CN1C1OC(CO)C(O)C1O.O=C1NC2CC=CC2=CN1C1OC(COP(=O)(O)OP(=O)(O)OP(=O)(O)O)C(O)C1O.[Pd].c1ccc(P(c2ccccc2)c2ccccc2)cc1. The number of allylic oxidation sites excluding steroid dienone is 3. The van der Waals surface area contributed by atoms with Crippen LogP contribution in [0.4, 0.5) is 4.79 Å². The fourth-order valence-corrected chi connectivity index (χ4v) is 18.4. The van der Waals surface area contributed by atoms with Crippen LogP contribution < -0.4 is 32.7 Å². The second-order valence-corrected chi connectivity index (χ2v) is 34.4. The number of phosphoric acid groups is 3. The van der Waals surface area contributed by atoms with Crippen LogP contribution in [-0.2, 0) is 90.1 Å². The van der Waals surface area contributed by atoms with E-state index >= 15 is 0 Å². The molecule has 3 aromatic carbocycles. The monoisotopic (exact) mass is 1900 g/mol. The van der Waals surface area contributed by atoms with Gasteiger partial charge in [0.15, 0.2) is 24.9 Å². The van der Waals surface area contributed by atoms with E-state index in [9.17, 15) is 83.4 Å². The summed E-state index contributed by atoms with van der Waals surface area (Å²) in [4.78, 5) is 99.5. The predicted molar refractivity (Wildman–Crippen MR) is 411 cm³/mol. The molecule has 8 aliphatic heterocycles. The Labute approximate surface area is 688 Å². The van der Waals surface area contributed by atoms with Gasteiger partial charge in [-0.3, -0.25) is 43.3 Å². The van der Waals surface area contributed by atoms with E-state index in [1.165, 1.54) is 57.5 Å². The zero-order chi connectivity index (χ0) is 83.7. The molecule has 115 heavy (non-hydrogen) atoms. The van der Waals surface area contributed by atoms with Gasteiger partial charge in [-0.25, -0.2) is 18.5 Å². The van der Waals surface area contributed by atoms with Gasteiger partial charge in [0.05, 0.1) is 52.3 Å². The van der Waals surface area contributed by atoms with Gasteiger partial charge in [0.2, 0.25) is 17.7 Å². The Balaban J connectivity index is 0.000000199. The van der Waals surface area contributed by atoms with Gasteiger partial charge in [-0.2, -0.15) is 8.62 Å². The first-order valence-electron chi connectivity index (χ1n) is 35.1. The first-order valence-corrected chi connectivity index (χ1v) is 42.0. The standard InChI is InChI=1S/C18H15P.C15H20N2O6.C13H17NO5.C12H19N2O14P3.C10H15IN2O5.C3H6O.Pd/c1-4-10-16(11-5-1)19(17-12-6-2-7-13-17)18-14-8-3-9-15-18;1-8(19)3-2-4-9-6-17(12(20)5-10(9)16)15-14(22)13(21)11(7-18)23-15;15-6-9-11(17)12(18)13(19-9)14-5-8-3-1-2-7(8)4-10(14)16;15-9-8(5-25-30(21,22)28-31(23,24)27-29(18,19)20)26-11(10(9)16)14-4-6-2-1-3-7(6)13-12(14)17;11-4-2-13(7(15)1-5(4)12)10-9(17)8(16)6(3-14)18-10;1-3-4-2;/h1-15H;6,10-11,13-15,18,21-22H,3,5,7,16H2,1H3;1,3,5,7,9,11-13,15,17-18H,2,4,6H2;1-2,4,7-11,15-16H,3,5H2,(H,13,17)(H,21,22)(H,23,24)(H2,18,19,20);2,5-6,8-10,14,16-17H,1,3,12H2;3H,1H2,2H3;. The molecule has 22 unspecified atom stereocenters. The third-order valence-electron chi connectivity index (χ3n) is 18.3. The van der Waals surface area contributed by atoms with Crippen molar-refractivity contribution in [2.75, 3.05) is 33.5 Å². The fraction of sp³-hybridized carbons (Fsp3) is 0.451. The molecule has 4 fully saturated rings. The number of benzene rings is 3. The molecule has 0 spiro atoms. The molecule has 0 bridgehead atoms. The van der Waals surface area contributed by atoms with Crippen LogP contribution in [-0.4, -0.2) is 275 Å². The maximum Gasteiger partial charge on any atom is 0.490 e. The first kappa shape index (κ1) is 96.2. The van der Waals surface area contributed by atoms with Crippen LogP contribution in [0.15, 0.2) is 173 Å². The first-order chi connectivity index (χ1) is 53.9. The summed E-state index contributed by atoms with van der Waals surface area (Å²) in [6.07, 6.45) is -2.60. The van der Waals surface area contributed by atoms with Crippen LogP contribution in [0.25, 0.3) is 0 Å². The number of methoxy groups -OCH3 is 1. The Bertz CT molecular complexity index is 4150. The van der Waals surface area contributed by atoms with Crippen LogP contribution in [0, 0.1) is 17.8 Å². The van der Waals surface area contributed by atoms with E-state index in [1.54, 1.807) is 19.4 Å². The number of rotatable bonds is 19. The van der Waals surface area contributed by atoms with Crippen LogP contribution in [0.1, 0.15) is 45.4 Å². The van der Waals surface area contributed by atoms with Crippen molar-refractivity contribution in [3.05, 3.63) is 173 Å². The minimum absolute atomic E-state index is 0. The number of urea groups is 1. The zero-order valence-corrected chi connectivity index (χ0v) is 68.6. The second kappa shape index (κ2) is 43.9. The molecule has 10 aliphatic rings. The fourth-order valence-electron chi connectivity index (χ4n) is 12.6. The number of ether oxygens (including phenoxy) is 5. The van der Waals surface area contributed by atoms with E-state index in [0.29, 0.717) is 18.4 Å². The van der Waals surface area contributed by atoms with Gasteiger partial charge in [-0.15, -0.1) is 0 Å². The minimum Gasteiger partial charge on any atom is -0.505 e. The van der Waals surface area contributed by atoms with Crippen molar-refractivity contribution in [2.24, 2.45) is 17.4 Å². The van der Waals surface area contributed by atoms with E-state index < -0.39 is 168 Å². The van der Waals surface area contributed by atoms with Crippen LogP contribution >= 0.6 is 54.0 Å². The number of aliphatic hydroxyl groups is 11. The second-order valence-electron chi connectivity index (χ2n) is 26.5. The molecule has 3 aromatic rings. The number of hydrogen-bond donors (Lipinski definition) is 18. The van der Waals surface area contributed by atoms with Gasteiger partial charge >= 0.3 is 29.5 Å². The molecule has 0 saturated carbocycles.